The molecule has 2 rings (SSSR count). The third-order valence-electron chi connectivity index (χ3n) is 2.43. The molecule has 0 saturated heterocycles. The summed E-state index contributed by atoms with van der Waals surface area (Å²) in [5.74, 6) is -1.02. The second-order valence-electron chi connectivity index (χ2n) is 3.65. The van der Waals surface area contributed by atoms with Gasteiger partial charge in [-0.1, -0.05) is 29.0 Å². The third kappa shape index (κ3) is 2.80. The number of halogens is 1. The number of thiazole rings is 1. The van der Waals surface area contributed by atoms with Gasteiger partial charge in [0.1, 0.15) is 5.75 Å². The van der Waals surface area contributed by atoms with E-state index in [0.717, 1.165) is 0 Å². The highest BCUT2D eigenvalue weighted by molar-refractivity contribution is 7.11. The zero-order chi connectivity index (χ0) is 13.1. The molecule has 1 N–H and O–H groups in total. The molecule has 0 fully saturated rings. The van der Waals surface area contributed by atoms with Gasteiger partial charge in [0.05, 0.1) is 10.9 Å². The van der Waals surface area contributed by atoms with Gasteiger partial charge >= 0.3 is 5.97 Å². The van der Waals surface area contributed by atoms with Crippen LogP contribution in [-0.2, 0) is 4.79 Å². The van der Waals surface area contributed by atoms with Crippen molar-refractivity contribution < 1.29 is 14.6 Å². The second kappa shape index (κ2) is 5.37. The Hall–Kier alpha value is -1.59. The molecule has 18 heavy (non-hydrogen) atoms. The number of nitrogens with zero attached hydrogens (tertiary/aromatic N) is 1. The van der Waals surface area contributed by atoms with E-state index in [1.807, 2.05) is 0 Å². The van der Waals surface area contributed by atoms with Gasteiger partial charge in [-0.3, -0.25) is 4.79 Å². The SMILES string of the molecule is CC(C(=O)O)c1ccc(Oc2nccs2)c(Cl)c1. The van der Waals surface area contributed by atoms with Crippen molar-refractivity contribution in [2.24, 2.45) is 0 Å². The number of aromatic nitrogens is 1. The third-order valence-corrected chi connectivity index (χ3v) is 3.38. The summed E-state index contributed by atoms with van der Waals surface area (Å²) in [4.78, 5) is 14.9. The van der Waals surface area contributed by atoms with Crippen LogP contribution in [0.4, 0.5) is 0 Å². The number of rotatable bonds is 4. The number of carboxylic acids is 1. The maximum absolute atomic E-state index is 10.9. The molecule has 4 nitrogen and oxygen atoms in total. The smallest absolute Gasteiger partial charge is 0.310 e. The molecule has 0 bridgehead atoms. The summed E-state index contributed by atoms with van der Waals surface area (Å²) in [7, 11) is 0. The number of carbonyl (C=O) groups is 1. The normalized spacial score (nSPS) is 12.1. The highest BCUT2D eigenvalue weighted by Gasteiger charge is 2.15. The molecule has 0 radical (unpaired) electrons. The van der Waals surface area contributed by atoms with Crippen LogP contribution in [0.1, 0.15) is 18.4 Å². The molecule has 0 aliphatic rings. The van der Waals surface area contributed by atoms with Crippen molar-refractivity contribution in [1.82, 2.24) is 4.98 Å². The van der Waals surface area contributed by atoms with E-state index in [-0.39, 0.29) is 0 Å². The van der Waals surface area contributed by atoms with E-state index in [1.54, 1.807) is 36.7 Å². The van der Waals surface area contributed by atoms with Crippen molar-refractivity contribution in [2.75, 3.05) is 0 Å². The van der Waals surface area contributed by atoms with E-state index in [9.17, 15) is 4.79 Å². The molecule has 94 valence electrons. The van der Waals surface area contributed by atoms with Crippen molar-refractivity contribution in [3.63, 3.8) is 0 Å². The lowest BCUT2D eigenvalue weighted by Crippen LogP contribution is -2.07. The van der Waals surface area contributed by atoms with Gasteiger partial charge in [-0.25, -0.2) is 4.98 Å². The molecule has 1 aromatic carbocycles. The number of hydrogen-bond donors (Lipinski definition) is 1. The maximum Gasteiger partial charge on any atom is 0.310 e. The van der Waals surface area contributed by atoms with Crippen molar-refractivity contribution in [3.05, 3.63) is 40.4 Å². The summed E-state index contributed by atoms with van der Waals surface area (Å²) in [6.07, 6.45) is 1.63. The average Bonchev–Trinajstić information content (AvgIpc) is 2.83. The number of benzene rings is 1. The molecule has 2 aromatic rings. The molecule has 6 heteroatoms. The van der Waals surface area contributed by atoms with Crippen molar-refractivity contribution >= 4 is 28.9 Å². The van der Waals surface area contributed by atoms with Crippen molar-refractivity contribution in [2.45, 2.75) is 12.8 Å². The first-order chi connectivity index (χ1) is 8.58. The molecule has 1 unspecified atom stereocenters. The molecule has 1 heterocycles. The largest absolute Gasteiger partial charge is 0.481 e. The predicted molar refractivity (Wildman–Crippen MR) is 69.7 cm³/mol. The first-order valence-electron chi connectivity index (χ1n) is 5.17. The first-order valence-corrected chi connectivity index (χ1v) is 6.43. The van der Waals surface area contributed by atoms with E-state index in [1.165, 1.54) is 11.3 Å². The number of hydrogen-bond acceptors (Lipinski definition) is 4. The Bertz CT molecular complexity index is 556. The van der Waals surface area contributed by atoms with Crippen molar-refractivity contribution in [1.29, 1.82) is 0 Å². The van der Waals surface area contributed by atoms with Gasteiger partial charge in [0, 0.05) is 11.6 Å². The zero-order valence-corrected chi connectivity index (χ0v) is 11.0. The summed E-state index contributed by atoms with van der Waals surface area (Å²) in [6.45, 7) is 1.61. The summed E-state index contributed by atoms with van der Waals surface area (Å²) in [5, 5.41) is 11.6. The van der Waals surface area contributed by atoms with Crippen LogP contribution in [0.25, 0.3) is 0 Å². The minimum atomic E-state index is -0.889. The van der Waals surface area contributed by atoms with Crippen LogP contribution in [0.15, 0.2) is 29.8 Å². The second-order valence-corrected chi connectivity index (χ2v) is 4.91. The van der Waals surface area contributed by atoms with Crippen LogP contribution < -0.4 is 4.74 Å². The van der Waals surface area contributed by atoms with E-state index in [2.05, 4.69) is 4.98 Å². The van der Waals surface area contributed by atoms with Gasteiger partial charge in [0.25, 0.3) is 5.19 Å². The molecule has 1 atom stereocenters. The molecule has 0 aliphatic carbocycles. The average molecular weight is 284 g/mol. The van der Waals surface area contributed by atoms with Gasteiger partial charge in [-0.15, -0.1) is 0 Å². The highest BCUT2D eigenvalue weighted by atomic mass is 35.5. The quantitative estimate of drug-likeness (QED) is 0.928. The van der Waals surface area contributed by atoms with Gasteiger partial charge in [-0.05, 0) is 24.6 Å². The Morgan fingerprint density at radius 3 is 2.89 bits per heavy atom. The van der Waals surface area contributed by atoms with Crippen molar-refractivity contribution in [3.8, 4) is 10.9 Å². The molecular formula is C12H10ClNO3S. The monoisotopic (exact) mass is 283 g/mol. The van der Waals surface area contributed by atoms with Crippen LogP contribution in [-0.4, -0.2) is 16.1 Å². The minimum Gasteiger partial charge on any atom is -0.481 e. The van der Waals surface area contributed by atoms with Gasteiger partial charge in [-0.2, -0.15) is 0 Å². The standard InChI is InChI=1S/C12H10ClNO3S/c1-7(11(15)16)8-2-3-10(9(13)6-8)17-12-14-4-5-18-12/h2-7H,1H3,(H,15,16). The lowest BCUT2D eigenvalue weighted by atomic mass is 10.0. The summed E-state index contributed by atoms with van der Waals surface area (Å²) in [6, 6.07) is 4.94. The van der Waals surface area contributed by atoms with Gasteiger partial charge in [0.2, 0.25) is 0 Å². The van der Waals surface area contributed by atoms with Crippen LogP contribution in [0.2, 0.25) is 5.02 Å². The number of carboxylic acid groups (broad SMARTS) is 1. The Labute approximate surface area is 113 Å². The summed E-state index contributed by atoms with van der Waals surface area (Å²) >= 11 is 7.41. The van der Waals surface area contributed by atoms with E-state index in [4.69, 9.17) is 21.4 Å². The lowest BCUT2D eigenvalue weighted by molar-refractivity contribution is -0.138. The van der Waals surface area contributed by atoms with Gasteiger partial charge in [0.15, 0.2) is 0 Å². The molecule has 0 amide bonds. The van der Waals surface area contributed by atoms with E-state index < -0.39 is 11.9 Å². The molecule has 0 spiro atoms. The Kier molecular flexibility index (Phi) is 3.84. The Morgan fingerprint density at radius 2 is 2.33 bits per heavy atom. The van der Waals surface area contributed by atoms with Crippen LogP contribution in [0, 0.1) is 0 Å². The molecule has 0 aliphatic heterocycles. The summed E-state index contributed by atoms with van der Waals surface area (Å²) < 4.78 is 5.47. The minimum absolute atomic E-state index is 0.371. The van der Waals surface area contributed by atoms with Crippen LogP contribution in [0.5, 0.6) is 10.9 Å². The predicted octanol–water partition coefficient (Wildman–Crippen LogP) is 3.78. The summed E-state index contributed by atoms with van der Waals surface area (Å²) in [5.41, 5.74) is 0.638. The number of ether oxygens (including phenoxy) is 1. The van der Waals surface area contributed by atoms with Crippen LogP contribution in [0.3, 0.4) is 0 Å². The Morgan fingerprint density at radius 1 is 1.56 bits per heavy atom. The molecule has 1 aromatic heterocycles. The van der Waals surface area contributed by atoms with E-state index >= 15 is 0 Å². The maximum atomic E-state index is 10.9. The fraction of sp³-hybridized carbons (Fsp3) is 0.167. The fourth-order valence-corrected chi connectivity index (χ4v) is 2.09. The number of aliphatic carboxylic acids is 1. The zero-order valence-electron chi connectivity index (χ0n) is 9.46. The first kappa shape index (κ1) is 12.9. The van der Waals surface area contributed by atoms with Gasteiger partial charge < -0.3 is 9.84 Å². The topological polar surface area (TPSA) is 59.4 Å². The fourth-order valence-electron chi connectivity index (χ4n) is 1.37. The Balaban J connectivity index is 2.22. The molecule has 0 saturated carbocycles. The highest BCUT2D eigenvalue weighted by Crippen LogP contribution is 2.32. The van der Waals surface area contributed by atoms with E-state index in [0.29, 0.717) is 21.5 Å². The molecular weight excluding hydrogens is 274 g/mol. The lowest BCUT2D eigenvalue weighted by Gasteiger charge is -2.09. The van der Waals surface area contributed by atoms with Crippen LogP contribution >= 0.6 is 22.9 Å².